The van der Waals surface area contributed by atoms with Crippen molar-refractivity contribution < 1.29 is 0 Å². The van der Waals surface area contributed by atoms with E-state index in [0.29, 0.717) is 5.41 Å². The highest BCUT2D eigenvalue weighted by Crippen LogP contribution is 2.29. The fraction of sp³-hybridized carbons (Fsp3) is 0.600. The van der Waals surface area contributed by atoms with Crippen molar-refractivity contribution in [1.29, 1.82) is 0 Å². The molecule has 88 valence electrons. The minimum Gasteiger partial charge on any atom is -0.294 e. The average molecular weight is 217 g/mol. The van der Waals surface area contributed by atoms with Gasteiger partial charge in [-0.15, -0.1) is 0 Å². The van der Waals surface area contributed by atoms with Crippen molar-refractivity contribution in [1.82, 2.24) is 4.90 Å². The first kappa shape index (κ1) is 11.7. The smallest absolute Gasteiger partial charge is 0.0240 e. The third kappa shape index (κ3) is 2.65. The number of fused-ring (bicyclic) bond motifs is 1. The van der Waals surface area contributed by atoms with Crippen LogP contribution in [0.2, 0.25) is 0 Å². The van der Waals surface area contributed by atoms with Gasteiger partial charge in [0.2, 0.25) is 0 Å². The quantitative estimate of drug-likeness (QED) is 0.741. The van der Waals surface area contributed by atoms with Crippen molar-refractivity contribution in [2.45, 2.75) is 46.7 Å². The molecular weight excluding hydrogens is 194 g/mol. The summed E-state index contributed by atoms with van der Waals surface area (Å²) in [5.74, 6) is 0. The van der Waals surface area contributed by atoms with Gasteiger partial charge in [-0.25, -0.2) is 0 Å². The summed E-state index contributed by atoms with van der Waals surface area (Å²) in [6, 6.07) is 8.84. The molecule has 0 spiro atoms. The molecule has 1 aromatic rings. The predicted octanol–water partition coefficient (Wildman–Crippen LogP) is 3.83. The van der Waals surface area contributed by atoms with Gasteiger partial charge in [-0.3, -0.25) is 4.90 Å². The number of benzene rings is 1. The molecule has 0 saturated carbocycles. The van der Waals surface area contributed by atoms with Gasteiger partial charge in [0.1, 0.15) is 0 Å². The van der Waals surface area contributed by atoms with Crippen LogP contribution < -0.4 is 0 Å². The molecule has 0 aromatic heterocycles. The lowest BCUT2D eigenvalue weighted by Crippen LogP contribution is -2.30. The topological polar surface area (TPSA) is 3.24 Å². The third-order valence-electron chi connectivity index (χ3n) is 3.48. The lowest BCUT2D eigenvalue weighted by atomic mass is 9.87. The molecule has 0 atom stereocenters. The monoisotopic (exact) mass is 217 g/mol. The molecule has 1 aliphatic rings. The summed E-state index contributed by atoms with van der Waals surface area (Å²) >= 11 is 0. The molecule has 0 saturated heterocycles. The fourth-order valence-corrected chi connectivity index (χ4v) is 2.88. The summed E-state index contributed by atoms with van der Waals surface area (Å²) in [5.41, 5.74) is 3.50. The molecule has 0 N–H and O–H groups in total. The van der Waals surface area contributed by atoms with Gasteiger partial charge in [-0.05, 0) is 23.0 Å². The van der Waals surface area contributed by atoms with Crippen LogP contribution in [0.25, 0.3) is 0 Å². The summed E-state index contributed by atoms with van der Waals surface area (Å²) in [6.07, 6.45) is 2.60. The number of hydrogen-bond acceptors (Lipinski definition) is 1. The van der Waals surface area contributed by atoms with Crippen molar-refractivity contribution >= 4 is 0 Å². The number of hydrogen-bond donors (Lipinski definition) is 0. The Labute approximate surface area is 99.5 Å². The van der Waals surface area contributed by atoms with E-state index in [0.717, 1.165) is 13.1 Å². The molecule has 1 aromatic carbocycles. The zero-order valence-electron chi connectivity index (χ0n) is 10.8. The summed E-state index contributed by atoms with van der Waals surface area (Å²) in [5, 5.41) is 0. The van der Waals surface area contributed by atoms with Crippen molar-refractivity contribution in [3.63, 3.8) is 0 Å². The zero-order chi connectivity index (χ0) is 11.6. The molecule has 0 bridgehead atoms. The molecule has 1 aliphatic heterocycles. The van der Waals surface area contributed by atoms with E-state index in [2.05, 4.69) is 49.9 Å². The van der Waals surface area contributed by atoms with Crippen LogP contribution in [0.5, 0.6) is 0 Å². The fourth-order valence-electron chi connectivity index (χ4n) is 2.88. The van der Waals surface area contributed by atoms with Crippen LogP contribution in [-0.2, 0) is 13.1 Å². The summed E-state index contributed by atoms with van der Waals surface area (Å²) in [6.45, 7) is 10.6. The molecule has 0 unspecified atom stereocenters. The number of rotatable bonds is 4. The maximum Gasteiger partial charge on any atom is 0.0240 e. The van der Waals surface area contributed by atoms with Gasteiger partial charge in [0.25, 0.3) is 0 Å². The molecule has 0 aliphatic carbocycles. The van der Waals surface area contributed by atoms with E-state index < -0.39 is 0 Å². The maximum atomic E-state index is 2.58. The number of nitrogens with zero attached hydrogens (tertiary/aromatic N) is 1. The Hall–Kier alpha value is -0.820. The van der Waals surface area contributed by atoms with E-state index in [1.807, 2.05) is 0 Å². The highest BCUT2D eigenvalue weighted by molar-refractivity contribution is 5.30. The second kappa shape index (κ2) is 4.58. The molecule has 1 heterocycles. The molecule has 0 amide bonds. The normalized spacial score (nSPS) is 16.4. The average Bonchev–Trinajstić information content (AvgIpc) is 2.58. The van der Waals surface area contributed by atoms with Gasteiger partial charge in [0, 0.05) is 19.6 Å². The first-order chi connectivity index (χ1) is 7.61. The van der Waals surface area contributed by atoms with Gasteiger partial charge in [-0.2, -0.15) is 0 Å². The summed E-state index contributed by atoms with van der Waals surface area (Å²) in [7, 11) is 0. The Morgan fingerprint density at radius 2 is 1.69 bits per heavy atom. The Balaban J connectivity index is 1.97. The predicted molar refractivity (Wildman–Crippen MR) is 69.2 cm³/mol. The summed E-state index contributed by atoms with van der Waals surface area (Å²) < 4.78 is 0. The molecule has 2 rings (SSSR count). The molecule has 16 heavy (non-hydrogen) atoms. The van der Waals surface area contributed by atoms with Crippen LogP contribution in [0.4, 0.5) is 0 Å². The van der Waals surface area contributed by atoms with Crippen LogP contribution in [0.3, 0.4) is 0 Å². The van der Waals surface area contributed by atoms with E-state index in [4.69, 9.17) is 0 Å². The van der Waals surface area contributed by atoms with E-state index in [9.17, 15) is 0 Å². The van der Waals surface area contributed by atoms with Crippen molar-refractivity contribution in [2.75, 3.05) is 6.54 Å². The minimum absolute atomic E-state index is 0.455. The summed E-state index contributed by atoms with van der Waals surface area (Å²) in [4.78, 5) is 2.58. The van der Waals surface area contributed by atoms with E-state index in [1.54, 1.807) is 0 Å². The molecule has 0 radical (unpaired) electrons. The Morgan fingerprint density at radius 3 is 2.19 bits per heavy atom. The van der Waals surface area contributed by atoms with Gasteiger partial charge in [0.15, 0.2) is 0 Å². The van der Waals surface area contributed by atoms with Crippen LogP contribution in [0.1, 0.15) is 44.7 Å². The highest BCUT2D eigenvalue weighted by atomic mass is 15.1. The van der Waals surface area contributed by atoms with E-state index in [1.165, 1.54) is 30.5 Å². The van der Waals surface area contributed by atoms with Gasteiger partial charge in [0.05, 0.1) is 0 Å². The highest BCUT2D eigenvalue weighted by Gasteiger charge is 2.25. The molecule has 1 heteroatoms. The van der Waals surface area contributed by atoms with Crippen LogP contribution in [0.15, 0.2) is 24.3 Å². The largest absolute Gasteiger partial charge is 0.294 e. The maximum absolute atomic E-state index is 2.58. The Bertz CT molecular complexity index is 329. The van der Waals surface area contributed by atoms with Gasteiger partial charge >= 0.3 is 0 Å². The van der Waals surface area contributed by atoms with Crippen LogP contribution >= 0.6 is 0 Å². The zero-order valence-corrected chi connectivity index (χ0v) is 10.8. The van der Waals surface area contributed by atoms with Gasteiger partial charge < -0.3 is 0 Å². The first-order valence-corrected chi connectivity index (χ1v) is 6.40. The minimum atomic E-state index is 0.455. The van der Waals surface area contributed by atoms with Crippen molar-refractivity contribution in [2.24, 2.45) is 5.41 Å². The van der Waals surface area contributed by atoms with Crippen LogP contribution in [0, 0.1) is 5.41 Å². The second-order valence-electron chi connectivity index (χ2n) is 5.83. The lowest BCUT2D eigenvalue weighted by Gasteiger charge is -2.29. The Kier molecular flexibility index (Phi) is 3.34. The molecule has 1 nitrogen and oxygen atoms in total. The lowest BCUT2D eigenvalue weighted by molar-refractivity contribution is 0.168. The van der Waals surface area contributed by atoms with Crippen molar-refractivity contribution in [3.05, 3.63) is 35.4 Å². The van der Waals surface area contributed by atoms with E-state index >= 15 is 0 Å². The molecular formula is C15H23N. The Morgan fingerprint density at radius 1 is 1.12 bits per heavy atom. The first-order valence-electron chi connectivity index (χ1n) is 6.40. The standard InChI is InChI=1S/C15H23N/c1-4-9-15(2,3)12-16-10-13-7-5-6-8-14(13)11-16/h5-8H,4,9-12H2,1-3H3. The van der Waals surface area contributed by atoms with Gasteiger partial charge in [-0.1, -0.05) is 51.5 Å². The second-order valence-corrected chi connectivity index (χ2v) is 5.83. The SMILES string of the molecule is CCCC(C)(C)CN1Cc2ccccc2C1. The van der Waals surface area contributed by atoms with E-state index in [-0.39, 0.29) is 0 Å². The molecule has 0 fully saturated rings. The van der Waals surface area contributed by atoms with Crippen molar-refractivity contribution in [3.8, 4) is 0 Å². The van der Waals surface area contributed by atoms with Crippen LogP contribution in [-0.4, -0.2) is 11.4 Å². The third-order valence-corrected chi connectivity index (χ3v) is 3.48.